The zero-order valence-electron chi connectivity index (χ0n) is 17.2. The predicted octanol–water partition coefficient (Wildman–Crippen LogP) is 3.82. The van der Waals surface area contributed by atoms with Gasteiger partial charge >= 0.3 is 6.18 Å². The van der Waals surface area contributed by atoms with E-state index in [1.54, 1.807) is 11.0 Å². The molecule has 2 aliphatic rings. The van der Waals surface area contributed by atoms with Crippen molar-refractivity contribution in [2.75, 3.05) is 36.4 Å². The number of nitrogens with one attached hydrogen (secondary N) is 1. The lowest BCUT2D eigenvalue weighted by Crippen LogP contribution is -2.27. The number of aromatic nitrogens is 3. The van der Waals surface area contributed by atoms with Gasteiger partial charge in [0.05, 0.1) is 17.8 Å². The zero-order valence-corrected chi connectivity index (χ0v) is 17.2. The Morgan fingerprint density at radius 2 is 1.97 bits per heavy atom. The number of anilines is 3. The lowest BCUT2D eigenvalue weighted by Gasteiger charge is -2.20. The molecule has 2 aromatic heterocycles. The number of amides is 1. The summed E-state index contributed by atoms with van der Waals surface area (Å²) in [6.07, 6.45) is -3.22. The van der Waals surface area contributed by atoms with Gasteiger partial charge in [-0.25, -0.2) is 18.7 Å². The molecule has 32 heavy (non-hydrogen) atoms. The van der Waals surface area contributed by atoms with E-state index in [9.17, 15) is 26.7 Å². The first-order chi connectivity index (χ1) is 15.0. The first-order valence-corrected chi connectivity index (χ1v) is 10.1. The van der Waals surface area contributed by atoms with E-state index in [0.717, 1.165) is 18.3 Å². The van der Waals surface area contributed by atoms with Crippen molar-refractivity contribution >= 4 is 23.5 Å². The van der Waals surface area contributed by atoms with Crippen molar-refractivity contribution in [1.29, 1.82) is 0 Å². The first-order valence-electron chi connectivity index (χ1n) is 10.1. The molecule has 1 N–H and O–H groups in total. The van der Waals surface area contributed by atoms with Gasteiger partial charge in [0.2, 0.25) is 11.9 Å². The van der Waals surface area contributed by atoms with Crippen LogP contribution in [0.1, 0.15) is 36.9 Å². The van der Waals surface area contributed by atoms with Crippen molar-refractivity contribution in [2.24, 2.45) is 0 Å². The molecule has 2 aliphatic heterocycles. The molecule has 2 aromatic rings. The second-order valence-corrected chi connectivity index (χ2v) is 8.01. The summed E-state index contributed by atoms with van der Waals surface area (Å²) in [6, 6.07) is 3.26. The lowest BCUT2D eigenvalue weighted by molar-refractivity contribution is -0.137. The number of likely N-dealkylation sites (tertiary alicyclic amines) is 1. The van der Waals surface area contributed by atoms with E-state index in [1.165, 1.54) is 11.8 Å². The Balaban J connectivity index is 1.65. The molecule has 0 radical (unpaired) electrons. The monoisotopic (exact) mass is 456 g/mol. The number of carbonyl (C=O) groups excluding carboxylic acids is 1. The molecule has 4 heterocycles. The molecule has 172 valence electrons. The van der Waals surface area contributed by atoms with Gasteiger partial charge in [-0.05, 0) is 18.6 Å². The predicted molar refractivity (Wildman–Crippen MR) is 106 cm³/mol. The fraction of sp³-hybridized carbons (Fsp3) is 0.500. The number of nitrogens with zero attached hydrogens (tertiary/aromatic N) is 5. The van der Waals surface area contributed by atoms with E-state index in [1.807, 2.05) is 0 Å². The van der Waals surface area contributed by atoms with Crippen LogP contribution < -0.4 is 10.2 Å². The molecule has 0 saturated carbocycles. The summed E-state index contributed by atoms with van der Waals surface area (Å²) in [5, 5.41) is 2.74. The molecule has 0 spiro atoms. The molecule has 2 fully saturated rings. The van der Waals surface area contributed by atoms with Gasteiger partial charge in [0.15, 0.2) is 0 Å². The van der Waals surface area contributed by atoms with E-state index in [2.05, 4.69) is 20.3 Å². The van der Waals surface area contributed by atoms with Gasteiger partial charge in [-0.1, -0.05) is 0 Å². The normalized spacial score (nSPS) is 20.6. The van der Waals surface area contributed by atoms with E-state index in [0.29, 0.717) is 25.2 Å². The molecular formula is C20H21F5N6O. The van der Waals surface area contributed by atoms with Crippen LogP contribution in [-0.2, 0) is 11.0 Å². The standard InChI is InChI=1S/C20H21F5N6O/c1-12(32)30-6-3-13(10-30)15-9-17(28-16-8-14(2-5-26-16)20(23,24)25)29-18(27-15)31-7-4-19(21,22)11-31/h2,5,8-9,13H,3-4,6-7,10-11H2,1H3,(H,26,27,28,29). The van der Waals surface area contributed by atoms with Crippen LogP contribution in [0, 0.1) is 0 Å². The summed E-state index contributed by atoms with van der Waals surface area (Å²) in [6.45, 7) is 1.94. The number of halogens is 5. The summed E-state index contributed by atoms with van der Waals surface area (Å²) < 4.78 is 66.6. The van der Waals surface area contributed by atoms with Crippen molar-refractivity contribution in [3.05, 3.63) is 35.7 Å². The average molecular weight is 456 g/mol. The van der Waals surface area contributed by atoms with Crippen LogP contribution >= 0.6 is 0 Å². The number of carbonyl (C=O) groups is 1. The molecule has 2 saturated heterocycles. The Morgan fingerprint density at radius 3 is 2.59 bits per heavy atom. The van der Waals surface area contributed by atoms with Crippen LogP contribution in [0.2, 0.25) is 0 Å². The highest BCUT2D eigenvalue weighted by Crippen LogP contribution is 2.34. The molecule has 7 nitrogen and oxygen atoms in total. The molecule has 1 unspecified atom stereocenters. The van der Waals surface area contributed by atoms with E-state index < -0.39 is 24.2 Å². The van der Waals surface area contributed by atoms with Crippen molar-refractivity contribution in [3.8, 4) is 0 Å². The fourth-order valence-electron chi connectivity index (χ4n) is 3.87. The highest BCUT2D eigenvalue weighted by molar-refractivity contribution is 5.73. The van der Waals surface area contributed by atoms with Crippen LogP contribution in [0.5, 0.6) is 0 Å². The van der Waals surface area contributed by atoms with Crippen LogP contribution in [0.4, 0.5) is 39.5 Å². The van der Waals surface area contributed by atoms with Gasteiger partial charge < -0.3 is 15.1 Å². The summed E-state index contributed by atoms with van der Waals surface area (Å²) >= 11 is 0. The zero-order chi connectivity index (χ0) is 23.1. The van der Waals surface area contributed by atoms with E-state index in [4.69, 9.17) is 0 Å². The smallest absolute Gasteiger partial charge is 0.342 e. The Kier molecular flexibility index (Phi) is 5.63. The maximum atomic E-state index is 13.8. The fourth-order valence-corrected chi connectivity index (χ4v) is 3.87. The third-order valence-electron chi connectivity index (χ3n) is 5.58. The second-order valence-electron chi connectivity index (χ2n) is 8.01. The third-order valence-corrected chi connectivity index (χ3v) is 5.58. The maximum Gasteiger partial charge on any atom is 0.416 e. The minimum atomic E-state index is -4.54. The summed E-state index contributed by atoms with van der Waals surface area (Å²) in [4.78, 5) is 27.3. The van der Waals surface area contributed by atoms with Gasteiger partial charge in [0.1, 0.15) is 11.6 Å². The van der Waals surface area contributed by atoms with Crippen molar-refractivity contribution < 1.29 is 26.7 Å². The highest BCUT2D eigenvalue weighted by atomic mass is 19.4. The van der Waals surface area contributed by atoms with Crippen LogP contribution in [0.25, 0.3) is 0 Å². The van der Waals surface area contributed by atoms with Gasteiger partial charge in [0.25, 0.3) is 5.92 Å². The molecule has 0 aliphatic carbocycles. The Morgan fingerprint density at radius 1 is 1.19 bits per heavy atom. The van der Waals surface area contributed by atoms with Gasteiger partial charge in [-0.3, -0.25) is 4.79 Å². The van der Waals surface area contributed by atoms with Gasteiger partial charge in [0, 0.05) is 51.2 Å². The quantitative estimate of drug-likeness (QED) is 0.706. The number of hydrogen-bond donors (Lipinski definition) is 1. The van der Waals surface area contributed by atoms with Crippen LogP contribution in [0.15, 0.2) is 24.4 Å². The Labute approximate surface area is 180 Å². The number of alkyl halides is 5. The molecular weight excluding hydrogens is 435 g/mol. The minimum absolute atomic E-state index is 0.0575. The van der Waals surface area contributed by atoms with Crippen LogP contribution in [0.3, 0.4) is 0 Å². The van der Waals surface area contributed by atoms with Gasteiger partial charge in [-0.15, -0.1) is 0 Å². The highest BCUT2D eigenvalue weighted by Gasteiger charge is 2.40. The molecule has 1 atom stereocenters. The third kappa shape index (κ3) is 4.89. The average Bonchev–Trinajstić information content (AvgIpc) is 3.34. The summed E-state index contributed by atoms with van der Waals surface area (Å²) in [5.74, 6) is -2.96. The minimum Gasteiger partial charge on any atom is -0.342 e. The second kappa shape index (κ2) is 8.14. The summed E-state index contributed by atoms with van der Waals surface area (Å²) in [5.41, 5.74) is -0.347. The SMILES string of the molecule is CC(=O)N1CCC(c2cc(Nc3cc(C(F)(F)F)ccn3)nc(N3CCC(F)(F)C3)n2)C1. The topological polar surface area (TPSA) is 74.2 Å². The Bertz CT molecular complexity index is 1010. The Hall–Kier alpha value is -3.05. The van der Waals surface area contributed by atoms with Crippen molar-refractivity contribution in [3.63, 3.8) is 0 Å². The van der Waals surface area contributed by atoms with Gasteiger partial charge in [-0.2, -0.15) is 18.2 Å². The molecule has 12 heteroatoms. The van der Waals surface area contributed by atoms with E-state index in [-0.39, 0.29) is 42.4 Å². The van der Waals surface area contributed by atoms with Crippen molar-refractivity contribution in [2.45, 2.75) is 37.8 Å². The number of rotatable bonds is 4. The number of pyridine rings is 1. The number of hydrogen-bond acceptors (Lipinski definition) is 6. The molecule has 1 amide bonds. The van der Waals surface area contributed by atoms with Crippen LogP contribution in [-0.4, -0.2) is 57.9 Å². The van der Waals surface area contributed by atoms with E-state index >= 15 is 0 Å². The first kappa shape index (κ1) is 22.2. The largest absolute Gasteiger partial charge is 0.416 e. The molecule has 0 bridgehead atoms. The molecule has 4 rings (SSSR count). The molecule has 0 aromatic carbocycles. The lowest BCUT2D eigenvalue weighted by atomic mass is 10.0. The summed E-state index contributed by atoms with van der Waals surface area (Å²) in [7, 11) is 0. The maximum absolute atomic E-state index is 13.8. The van der Waals surface area contributed by atoms with Crippen molar-refractivity contribution in [1.82, 2.24) is 19.9 Å².